The van der Waals surface area contributed by atoms with E-state index in [1.54, 1.807) is 0 Å². The molecule has 0 aliphatic rings. The van der Waals surface area contributed by atoms with Crippen LogP contribution < -0.4 is 0 Å². The number of phosphoric acid groups is 1. The van der Waals surface area contributed by atoms with E-state index in [0.29, 0.717) is 19.3 Å². The molecule has 0 fully saturated rings. The fourth-order valence-electron chi connectivity index (χ4n) is 8.70. The van der Waals surface area contributed by atoms with Gasteiger partial charge in [-0.2, -0.15) is 0 Å². The van der Waals surface area contributed by atoms with Crippen LogP contribution >= 0.6 is 7.82 Å². The summed E-state index contributed by atoms with van der Waals surface area (Å²) >= 11 is 0. The molecule has 0 amide bonds. The van der Waals surface area contributed by atoms with Crippen molar-refractivity contribution in [1.29, 1.82) is 0 Å². The summed E-state index contributed by atoms with van der Waals surface area (Å²) in [5.74, 6) is -1.48. The molecular weight excluding hydrogens is 976 g/mol. The van der Waals surface area contributed by atoms with Gasteiger partial charge in [0.15, 0.2) is 6.10 Å². The smallest absolute Gasteiger partial charge is 0.462 e. The molecule has 442 valence electrons. The minimum absolute atomic E-state index is 0.158. The fourth-order valence-corrected chi connectivity index (χ4v) is 9.48. The van der Waals surface area contributed by atoms with Crippen LogP contribution in [0.25, 0.3) is 0 Å². The summed E-state index contributed by atoms with van der Waals surface area (Å²) in [5.41, 5.74) is 0. The number of ether oxygens (including phenoxy) is 3. The maximum absolute atomic E-state index is 12.9. The minimum atomic E-state index is -4.76. The Bertz CT molecular complexity index is 1510. The quantitative estimate of drug-likeness (QED) is 0.0197. The highest BCUT2D eigenvalue weighted by molar-refractivity contribution is 7.47. The Labute approximate surface area is 465 Å². The largest absolute Gasteiger partial charge is 0.472 e. The van der Waals surface area contributed by atoms with Crippen LogP contribution in [0.3, 0.4) is 0 Å². The normalized spacial score (nSPS) is 13.7. The van der Waals surface area contributed by atoms with Crippen LogP contribution in [0.1, 0.15) is 290 Å². The third kappa shape index (κ3) is 55.9. The van der Waals surface area contributed by atoms with E-state index in [2.05, 4.69) is 81.5 Å². The number of allylic oxidation sites excluding steroid dienone is 10. The van der Waals surface area contributed by atoms with Gasteiger partial charge in [-0.15, -0.1) is 0 Å². The zero-order valence-corrected chi connectivity index (χ0v) is 49.9. The summed E-state index contributed by atoms with van der Waals surface area (Å²) in [4.78, 5) is 48.7. The lowest BCUT2D eigenvalue weighted by Crippen LogP contribution is -2.30. The first-order valence-corrected chi connectivity index (χ1v) is 32.7. The number of unbranched alkanes of at least 4 members (excludes halogenated alkanes) is 31. The molecule has 3 atom stereocenters. The summed E-state index contributed by atoms with van der Waals surface area (Å²) in [5, 5.41) is 9.84. The van der Waals surface area contributed by atoms with Crippen LogP contribution in [0, 0.1) is 0 Å². The van der Waals surface area contributed by atoms with Gasteiger partial charge in [0.2, 0.25) is 0 Å². The second kappa shape index (κ2) is 58.3. The Morgan fingerprint density at radius 2 is 0.684 bits per heavy atom. The van der Waals surface area contributed by atoms with Crippen molar-refractivity contribution in [2.24, 2.45) is 0 Å². The van der Waals surface area contributed by atoms with Crippen LogP contribution in [0.4, 0.5) is 0 Å². The van der Waals surface area contributed by atoms with Crippen LogP contribution in [0.5, 0.6) is 0 Å². The maximum atomic E-state index is 12.9. The van der Waals surface area contributed by atoms with Gasteiger partial charge in [0, 0.05) is 19.3 Å². The van der Waals surface area contributed by atoms with Gasteiger partial charge >= 0.3 is 25.7 Å². The highest BCUT2D eigenvalue weighted by Crippen LogP contribution is 2.43. The van der Waals surface area contributed by atoms with Crippen molar-refractivity contribution >= 4 is 25.7 Å². The van der Waals surface area contributed by atoms with Crippen LogP contribution in [0.2, 0.25) is 0 Å². The van der Waals surface area contributed by atoms with Crippen molar-refractivity contribution in [3.8, 4) is 0 Å². The van der Waals surface area contributed by atoms with Crippen molar-refractivity contribution in [1.82, 2.24) is 0 Å². The molecule has 12 heteroatoms. The third-order valence-electron chi connectivity index (χ3n) is 13.4. The van der Waals surface area contributed by atoms with Crippen molar-refractivity contribution in [3.63, 3.8) is 0 Å². The molecule has 0 aromatic heterocycles. The van der Waals surface area contributed by atoms with Crippen LogP contribution in [0.15, 0.2) is 60.8 Å². The molecule has 0 aromatic carbocycles. The molecular formula is C64H115O11P. The Balaban J connectivity index is 4.73. The number of esters is 3. The molecule has 0 spiro atoms. The summed E-state index contributed by atoms with van der Waals surface area (Å²) in [6.45, 7) is 4.54. The lowest BCUT2D eigenvalue weighted by molar-refractivity contribution is -0.161. The van der Waals surface area contributed by atoms with E-state index in [0.717, 1.165) is 103 Å². The number of carbonyl (C=O) groups is 3. The summed E-state index contributed by atoms with van der Waals surface area (Å²) in [6.07, 6.45) is 64.5. The van der Waals surface area contributed by atoms with E-state index < -0.39 is 57.8 Å². The lowest BCUT2D eigenvalue weighted by Gasteiger charge is -2.21. The summed E-state index contributed by atoms with van der Waals surface area (Å²) in [7, 11) is -4.76. The first-order valence-electron chi connectivity index (χ1n) is 31.2. The van der Waals surface area contributed by atoms with Gasteiger partial charge in [-0.3, -0.25) is 23.4 Å². The molecule has 2 N–H and O–H groups in total. The maximum Gasteiger partial charge on any atom is 0.472 e. The lowest BCUT2D eigenvalue weighted by atomic mass is 10.0. The average molecular weight is 1090 g/mol. The van der Waals surface area contributed by atoms with E-state index in [4.69, 9.17) is 23.3 Å². The Morgan fingerprint density at radius 1 is 0.382 bits per heavy atom. The number of phosphoric ester groups is 1. The summed E-state index contributed by atoms with van der Waals surface area (Å²) < 4.78 is 39.6. The Morgan fingerprint density at radius 3 is 1.07 bits per heavy atom. The van der Waals surface area contributed by atoms with Gasteiger partial charge in [-0.25, -0.2) is 4.57 Å². The van der Waals surface area contributed by atoms with E-state index in [9.17, 15) is 28.9 Å². The van der Waals surface area contributed by atoms with Crippen LogP contribution in [-0.4, -0.2) is 66.5 Å². The fraction of sp³-hybridized carbons (Fsp3) is 0.797. The predicted octanol–water partition coefficient (Wildman–Crippen LogP) is 18.7. The molecule has 0 aromatic rings. The molecule has 0 heterocycles. The number of rotatable bonds is 58. The van der Waals surface area contributed by atoms with E-state index >= 15 is 0 Å². The molecule has 0 rings (SSSR count). The average Bonchev–Trinajstić information content (AvgIpc) is 3.41. The topological polar surface area (TPSA) is 155 Å². The Hall–Kier alpha value is -2.82. The standard InChI is InChI=1S/C64H115O11P/c1-4-7-10-13-16-19-22-25-28-30-33-35-38-41-44-47-50-53-62(66)71-57-61(75-64(68)55-52-49-46-43-40-37-34-31-29-26-23-20-17-14-11-8-5-2)59-73-76(69,70)72-58-60(56-65)74-63(67)54-51-48-45-42-39-36-32-27-24-21-18-15-12-9-6-3/h7,10,16,19,25-26,28-29,33,35,60-61,65H,4-6,8-9,11-15,17-18,20-24,27,30-32,34,36-59H2,1-3H3,(H,69,70)/b10-7-,19-16-,28-25-,29-26-,35-33-. The third-order valence-corrected chi connectivity index (χ3v) is 14.4. The highest BCUT2D eigenvalue weighted by atomic mass is 31.2. The van der Waals surface area contributed by atoms with Crippen LogP contribution in [-0.2, 0) is 42.2 Å². The molecule has 0 aliphatic carbocycles. The van der Waals surface area contributed by atoms with Gasteiger partial charge in [0.25, 0.3) is 0 Å². The first kappa shape index (κ1) is 73.2. The second-order valence-electron chi connectivity index (χ2n) is 20.8. The second-order valence-corrected chi connectivity index (χ2v) is 22.3. The Kier molecular flexibility index (Phi) is 56.2. The number of aliphatic hydroxyl groups is 1. The molecule has 0 bridgehead atoms. The minimum Gasteiger partial charge on any atom is -0.462 e. The monoisotopic (exact) mass is 1090 g/mol. The van der Waals surface area contributed by atoms with E-state index in [1.165, 1.54) is 128 Å². The molecule has 3 unspecified atom stereocenters. The predicted molar refractivity (Wildman–Crippen MR) is 316 cm³/mol. The first-order chi connectivity index (χ1) is 37.2. The van der Waals surface area contributed by atoms with Crippen molar-refractivity contribution in [2.45, 2.75) is 303 Å². The molecule has 0 saturated carbocycles. The number of carbonyl (C=O) groups excluding carboxylic acids is 3. The highest BCUT2D eigenvalue weighted by Gasteiger charge is 2.28. The molecule has 76 heavy (non-hydrogen) atoms. The van der Waals surface area contributed by atoms with E-state index in [-0.39, 0.29) is 25.9 Å². The van der Waals surface area contributed by atoms with Gasteiger partial charge in [0.1, 0.15) is 12.7 Å². The molecule has 0 saturated heterocycles. The zero-order chi connectivity index (χ0) is 55.5. The van der Waals surface area contributed by atoms with Gasteiger partial charge < -0.3 is 24.2 Å². The SMILES string of the molecule is CC/C=C\C/C=C\C/C=C\C/C=C\CCCCCCC(=O)OCC(COP(=O)(O)OCC(CO)OC(=O)CCCCCCCCCCCCCCCCC)OC(=O)CCCCCCCCC/C=C\CCCCCCCC. The van der Waals surface area contributed by atoms with E-state index in [1.807, 2.05) is 0 Å². The number of aliphatic hydroxyl groups excluding tert-OH is 1. The van der Waals surface area contributed by atoms with Crippen molar-refractivity contribution < 1.29 is 52.2 Å². The van der Waals surface area contributed by atoms with Crippen molar-refractivity contribution in [2.75, 3.05) is 26.4 Å². The zero-order valence-electron chi connectivity index (χ0n) is 49.0. The number of hydrogen-bond acceptors (Lipinski definition) is 10. The molecule has 11 nitrogen and oxygen atoms in total. The molecule has 0 aliphatic heterocycles. The van der Waals surface area contributed by atoms with Crippen molar-refractivity contribution in [3.05, 3.63) is 60.8 Å². The number of hydrogen-bond donors (Lipinski definition) is 2. The van der Waals surface area contributed by atoms with Gasteiger partial charge in [-0.05, 0) is 83.5 Å². The molecule has 0 radical (unpaired) electrons. The van der Waals surface area contributed by atoms with Gasteiger partial charge in [-0.1, -0.05) is 248 Å². The summed E-state index contributed by atoms with van der Waals surface area (Å²) in [6, 6.07) is 0. The van der Waals surface area contributed by atoms with Gasteiger partial charge in [0.05, 0.1) is 19.8 Å².